The highest BCUT2D eigenvalue weighted by atomic mass is 79.9. The van der Waals surface area contributed by atoms with Crippen LogP contribution in [0.5, 0.6) is 0 Å². The summed E-state index contributed by atoms with van der Waals surface area (Å²) in [5.41, 5.74) is 3.35. The van der Waals surface area contributed by atoms with E-state index in [1.807, 2.05) is 26.0 Å². The van der Waals surface area contributed by atoms with Gasteiger partial charge in [-0.2, -0.15) is 0 Å². The van der Waals surface area contributed by atoms with Crippen LogP contribution in [0.4, 0.5) is 11.4 Å². The van der Waals surface area contributed by atoms with Crippen molar-refractivity contribution in [2.24, 2.45) is 0 Å². The minimum atomic E-state index is -0.378. The number of aryl methyl sites for hydroxylation is 2. The van der Waals surface area contributed by atoms with Crippen LogP contribution in [-0.2, 0) is 6.54 Å². The van der Waals surface area contributed by atoms with Crippen LogP contribution in [0.25, 0.3) is 0 Å². The highest BCUT2D eigenvalue weighted by molar-refractivity contribution is 9.10. The number of nitro benzene ring substituents is 1. The second-order valence-electron chi connectivity index (χ2n) is 4.80. The molecule has 2 rings (SSSR count). The van der Waals surface area contributed by atoms with E-state index in [1.54, 1.807) is 18.2 Å². The Morgan fingerprint density at radius 3 is 2.57 bits per heavy atom. The fraction of sp³-hybridized carbons (Fsp3) is 0.200. The standard InChI is InChI=1S/C15H14BrClN2O2/c1-9-5-14(15(19(20)21)6-10(9)2)18-8-11-7-12(16)3-4-13(11)17/h3-7,18H,8H2,1-2H3. The van der Waals surface area contributed by atoms with Crippen LogP contribution in [-0.4, -0.2) is 4.92 Å². The van der Waals surface area contributed by atoms with Crippen molar-refractivity contribution in [3.05, 3.63) is 66.6 Å². The molecule has 0 heterocycles. The summed E-state index contributed by atoms with van der Waals surface area (Å²) in [6, 6.07) is 8.91. The Labute approximate surface area is 136 Å². The largest absolute Gasteiger partial charge is 0.375 e. The molecular formula is C15H14BrClN2O2. The average molecular weight is 370 g/mol. The van der Waals surface area contributed by atoms with Gasteiger partial charge in [0.2, 0.25) is 0 Å². The van der Waals surface area contributed by atoms with Crippen LogP contribution in [0.15, 0.2) is 34.8 Å². The van der Waals surface area contributed by atoms with Crippen LogP contribution < -0.4 is 5.32 Å². The topological polar surface area (TPSA) is 55.2 Å². The Balaban J connectivity index is 2.29. The first-order chi connectivity index (χ1) is 9.88. The van der Waals surface area contributed by atoms with Crippen LogP contribution in [0, 0.1) is 24.0 Å². The number of nitrogens with one attached hydrogen (secondary N) is 1. The van der Waals surface area contributed by atoms with E-state index >= 15 is 0 Å². The maximum absolute atomic E-state index is 11.1. The summed E-state index contributed by atoms with van der Waals surface area (Å²) in [4.78, 5) is 10.8. The van der Waals surface area contributed by atoms with E-state index < -0.39 is 0 Å². The number of anilines is 1. The van der Waals surface area contributed by atoms with E-state index in [4.69, 9.17) is 11.6 Å². The highest BCUT2D eigenvalue weighted by Gasteiger charge is 2.15. The number of benzene rings is 2. The molecule has 6 heteroatoms. The molecule has 2 aromatic carbocycles. The van der Waals surface area contributed by atoms with E-state index in [0.29, 0.717) is 17.3 Å². The van der Waals surface area contributed by atoms with Gasteiger partial charge in [0.15, 0.2) is 0 Å². The molecule has 4 nitrogen and oxygen atoms in total. The first-order valence-electron chi connectivity index (χ1n) is 6.32. The fourth-order valence-corrected chi connectivity index (χ4v) is 2.56. The summed E-state index contributed by atoms with van der Waals surface area (Å²) >= 11 is 9.51. The van der Waals surface area contributed by atoms with Gasteiger partial charge in [0.1, 0.15) is 5.69 Å². The van der Waals surface area contributed by atoms with Crippen LogP contribution >= 0.6 is 27.5 Å². The molecule has 0 bridgehead atoms. The maximum Gasteiger partial charge on any atom is 0.292 e. The SMILES string of the molecule is Cc1cc(NCc2cc(Br)ccc2Cl)c([N+](=O)[O-])cc1C. The normalized spacial score (nSPS) is 10.5. The molecule has 0 spiro atoms. The molecule has 0 saturated carbocycles. The number of nitrogens with zero attached hydrogens (tertiary/aromatic N) is 1. The van der Waals surface area contributed by atoms with Gasteiger partial charge in [-0.25, -0.2) is 0 Å². The summed E-state index contributed by atoms with van der Waals surface area (Å²) in [6.07, 6.45) is 0. The number of hydrogen-bond donors (Lipinski definition) is 1. The molecule has 0 aliphatic carbocycles. The molecule has 0 aliphatic heterocycles. The number of halogens is 2. The molecule has 0 radical (unpaired) electrons. The Hall–Kier alpha value is -1.59. The zero-order chi connectivity index (χ0) is 15.6. The average Bonchev–Trinajstić information content (AvgIpc) is 2.42. The molecule has 0 amide bonds. The predicted octanol–water partition coefficient (Wildman–Crippen LogP) is 5.24. The van der Waals surface area contributed by atoms with Gasteiger partial charge in [0.05, 0.1) is 4.92 Å². The van der Waals surface area contributed by atoms with Crippen molar-refractivity contribution >= 4 is 38.9 Å². The second kappa shape index (κ2) is 6.45. The van der Waals surface area contributed by atoms with E-state index in [0.717, 1.165) is 21.2 Å². The molecule has 0 saturated heterocycles. The van der Waals surface area contributed by atoms with Crippen molar-refractivity contribution in [3.63, 3.8) is 0 Å². The van der Waals surface area contributed by atoms with Crippen LogP contribution in [0.3, 0.4) is 0 Å². The summed E-state index contributed by atoms with van der Waals surface area (Å²) in [5.74, 6) is 0. The lowest BCUT2D eigenvalue weighted by Crippen LogP contribution is -2.04. The highest BCUT2D eigenvalue weighted by Crippen LogP contribution is 2.29. The van der Waals surface area contributed by atoms with Gasteiger partial charge in [-0.1, -0.05) is 27.5 Å². The monoisotopic (exact) mass is 368 g/mol. The Kier molecular flexibility index (Phi) is 4.85. The third-order valence-corrected chi connectivity index (χ3v) is 4.15. The van der Waals surface area contributed by atoms with Gasteiger partial charge >= 0.3 is 0 Å². The molecule has 0 aromatic heterocycles. The van der Waals surface area contributed by atoms with Crippen molar-refractivity contribution in [2.75, 3.05) is 5.32 Å². The van der Waals surface area contributed by atoms with E-state index in [9.17, 15) is 10.1 Å². The maximum atomic E-state index is 11.1. The lowest BCUT2D eigenvalue weighted by molar-refractivity contribution is -0.384. The van der Waals surface area contributed by atoms with Gasteiger partial charge < -0.3 is 5.32 Å². The van der Waals surface area contributed by atoms with E-state index in [1.165, 1.54) is 0 Å². The van der Waals surface area contributed by atoms with Gasteiger partial charge in [-0.15, -0.1) is 0 Å². The molecule has 0 atom stereocenters. The van der Waals surface area contributed by atoms with Crippen molar-refractivity contribution in [1.82, 2.24) is 0 Å². The number of hydrogen-bond acceptors (Lipinski definition) is 3. The zero-order valence-electron chi connectivity index (χ0n) is 11.6. The third kappa shape index (κ3) is 3.74. The van der Waals surface area contributed by atoms with Crippen molar-refractivity contribution in [1.29, 1.82) is 0 Å². The van der Waals surface area contributed by atoms with Gasteiger partial charge in [0.25, 0.3) is 5.69 Å². The fourth-order valence-electron chi connectivity index (χ4n) is 1.96. The summed E-state index contributed by atoms with van der Waals surface area (Å²) in [7, 11) is 0. The first-order valence-corrected chi connectivity index (χ1v) is 7.49. The molecular weight excluding hydrogens is 356 g/mol. The van der Waals surface area contributed by atoms with E-state index in [2.05, 4.69) is 21.2 Å². The quantitative estimate of drug-likeness (QED) is 0.592. The Morgan fingerprint density at radius 1 is 1.24 bits per heavy atom. The first kappa shape index (κ1) is 15.8. The Morgan fingerprint density at radius 2 is 1.90 bits per heavy atom. The second-order valence-corrected chi connectivity index (χ2v) is 6.12. The summed E-state index contributed by atoms with van der Waals surface area (Å²) < 4.78 is 0.915. The summed E-state index contributed by atoms with van der Waals surface area (Å²) in [5, 5.41) is 14.9. The van der Waals surface area contributed by atoms with Crippen molar-refractivity contribution < 1.29 is 4.92 Å². The third-order valence-electron chi connectivity index (χ3n) is 3.29. The Bertz CT molecular complexity index is 704. The zero-order valence-corrected chi connectivity index (χ0v) is 14.0. The summed E-state index contributed by atoms with van der Waals surface area (Å²) in [6.45, 7) is 4.20. The predicted molar refractivity (Wildman–Crippen MR) is 89.0 cm³/mol. The number of nitro groups is 1. The molecule has 0 unspecified atom stereocenters. The molecule has 1 N–H and O–H groups in total. The molecule has 2 aromatic rings. The minimum absolute atomic E-state index is 0.0734. The lowest BCUT2D eigenvalue weighted by Gasteiger charge is -2.11. The smallest absolute Gasteiger partial charge is 0.292 e. The molecule has 0 fully saturated rings. The lowest BCUT2D eigenvalue weighted by atomic mass is 10.1. The van der Waals surface area contributed by atoms with E-state index in [-0.39, 0.29) is 10.6 Å². The molecule has 21 heavy (non-hydrogen) atoms. The van der Waals surface area contributed by atoms with Crippen LogP contribution in [0.2, 0.25) is 5.02 Å². The molecule has 0 aliphatic rings. The van der Waals surface area contributed by atoms with Crippen molar-refractivity contribution in [2.45, 2.75) is 20.4 Å². The van der Waals surface area contributed by atoms with Gasteiger partial charge in [0, 0.05) is 22.1 Å². The number of rotatable bonds is 4. The van der Waals surface area contributed by atoms with Crippen molar-refractivity contribution in [3.8, 4) is 0 Å². The van der Waals surface area contributed by atoms with Crippen LogP contribution in [0.1, 0.15) is 16.7 Å². The minimum Gasteiger partial charge on any atom is -0.375 e. The molecule has 110 valence electrons. The van der Waals surface area contributed by atoms with Gasteiger partial charge in [-0.05, 0) is 54.8 Å². The van der Waals surface area contributed by atoms with Gasteiger partial charge in [-0.3, -0.25) is 10.1 Å².